The fourth-order valence-corrected chi connectivity index (χ4v) is 1.87. The zero-order chi connectivity index (χ0) is 14.5. The number of aromatic nitrogens is 4. The van der Waals surface area contributed by atoms with Crippen LogP contribution in [0.5, 0.6) is 0 Å². The van der Waals surface area contributed by atoms with Crippen molar-refractivity contribution in [3.05, 3.63) is 36.2 Å². The highest BCUT2D eigenvalue weighted by Crippen LogP contribution is 2.13. The smallest absolute Gasteiger partial charge is 0.222 e. The largest absolute Gasteiger partial charge is 0.346 e. The molecular weight excluding hydrogens is 256 g/mol. The summed E-state index contributed by atoms with van der Waals surface area (Å²) in [5.41, 5.74) is 6.45. The van der Waals surface area contributed by atoms with Crippen LogP contribution < -0.4 is 11.1 Å². The molecule has 3 N–H and O–H groups in total. The summed E-state index contributed by atoms with van der Waals surface area (Å²) in [6, 6.07) is 9.05. The highest BCUT2D eigenvalue weighted by molar-refractivity contribution is 5.76. The molecule has 2 unspecified atom stereocenters. The maximum Gasteiger partial charge on any atom is 0.222 e. The van der Waals surface area contributed by atoms with Crippen LogP contribution in [0.2, 0.25) is 0 Å². The van der Waals surface area contributed by atoms with Crippen molar-refractivity contribution < 1.29 is 4.79 Å². The van der Waals surface area contributed by atoms with E-state index in [1.807, 2.05) is 37.3 Å². The van der Waals surface area contributed by atoms with E-state index in [0.29, 0.717) is 5.82 Å². The quantitative estimate of drug-likeness (QED) is 0.830. The Labute approximate surface area is 117 Å². The number of rotatable bonds is 5. The summed E-state index contributed by atoms with van der Waals surface area (Å²) in [5, 5.41) is 14.5. The predicted octanol–water partition coefficient (Wildman–Crippen LogP) is 0.577. The van der Waals surface area contributed by atoms with Crippen molar-refractivity contribution in [2.24, 2.45) is 5.73 Å². The van der Waals surface area contributed by atoms with Crippen LogP contribution in [-0.2, 0) is 4.79 Å². The summed E-state index contributed by atoms with van der Waals surface area (Å²) in [5.74, 6) is 0.462. The van der Waals surface area contributed by atoms with Gasteiger partial charge in [-0.05, 0) is 36.4 Å². The molecule has 2 rings (SSSR count). The number of hydrogen-bond donors (Lipinski definition) is 2. The molecule has 1 aromatic heterocycles. The Morgan fingerprint density at radius 3 is 2.70 bits per heavy atom. The zero-order valence-corrected chi connectivity index (χ0v) is 11.5. The van der Waals surface area contributed by atoms with Crippen LogP contribution in [-0.4, -0.2) is 32.2 Å². The summed E-state index contributed by atoms with van der Waals surface area (Å²) in [7, 11) is 0. The van der Waals surface area contributed by atoms with Crippen molar-refractivity contribution in [1.82, 2.24) is 25.5 Å². The predicted molar refractivity (Wildman–Crippen MR) is 74.0 cm³/mol. The topological polar surface area (TPSA) is 98.7 Å². The van der Waals surface area contributed by atoms with Gasteiger partial charge < -0.3 is 11.1 Å². The van der Waals surface area contributed by atoms with Crippen LogP contribution in [0.4, 0.5) is 0 Å². The molecule has 1 amide bonds. The number of hydrogen-bond acceptors (Lipinski definition) is 5. The molecule has 7 heteroatoms. The van der Waals surface area contributed by atoms with Crippen LogP contribution in [0.1, 0.15) is 32.1 Å². The lowest BCUT2D eigenvalue weighted by Gasteiger charge is -2.14. The Balaban J connectivity index is 2.14. The second kappa shape index (κ2) is 6.25. The van der Waals surface area contributed by atoms with E-state index in [-0.39, 0.29) is 24.4 Å². The fraction of sp³-hybridized carbons (Fsp3) is 0.385. The lowest BCUT2D eigenvalue weighted by Crippen LogP contribution is -2.32. The molecule has 0 radical (unpaired) electrons. The molecule has 0 aliphatic carbocycles. The highest BCUT2D eigenvalue weighted by Gasteiger charge is 2.18. The lowest BCUT2D eigenvalue weighted by molar-refractivity contribution is -0.122. The van der Waals surface area contributed by atoms with Gasteiger partial charge in [-0.1, -0.05) is 18.2 Å². The van der Waals surface area contributed by atoms with Gasteiger partial charge >= 0.3 is 0 Å². The highest BCUT2D eigenvalue weighted by atomic mass is 16.1. The number of nitrogens with zero attached hydrogens (tertiary/aromatic N) is 4. The van der Waals surface area contributed by atoms with Crippen LogP contribution in [0.3, 0.4) is 0 Å². The van der Waals surface area contributed by atoms with Gasteiger partial charge in [0.2, 0.25) is 5.91 Å². The molecule has 0 aliphatic rings. The third-order valence-electron chi connectivity index (χ3n) is 2.77. The Bertz CT molecular complexity index is 565. The Morgan fingerprint density at radius 1 is 1.35 bits per heavy atom. The molecule has 106 valence electrons. The van der Waals surface area contributed by atoms with Gasteiger partial charge in [0.1, 0.15) is 0 Å². The molecule has 1 aromatic carbocycles. The van der Waals surface area contributed by atoms with E-state index in [0.717, 1.165) is 5.69 Å². The third kappa shape index (κ3) is 3.39. The minimum absolute atomic E-state index is 0.116. The monoisotopic (exact) mass is 274 g/mol. The maximum atomic E-state index is 11.7. The van der Waals surface area contributed by atoms with E-state index in [9.17, 15) is 4.79 Å². The number of carbonyl (C=O) groups is 1. The van der Waals surface area contributed by atoms with Crippen molar-refractivity contribution >= 4 is 5.91 Å². The first-order chi connectivity index (χ1) is 9.58. The first kappa shape index (κ1) is 14.1. The van der Waals surface area contributed by atoms with E-state index in [1.165, 1.54) is 0 Å². The van der Waals surface area contributed by atoms with Crippen LogP contribution in [0.15, 0.2) is 30.3 Å². The second-order valence-electron chi connectivity index (χ2n) is 4.76. The van der Waals surface area contributed by atoms with Gasteiger partial charge in [-0.25, -0.2) is 0 Å². The summed E-state index contributed by atoms with van der Waals surface area (Å²) in [6.45, 7) is 3.63. The maximum absolute atomic E-state index is 11.7. The normalized spacial score (nSPS) is 13.8. The second-order valence-corrected chi connectivity index (χ2v) is 4.76. The van der Waals surface area contributed by atoms with Crippen molar-refractivity contribution in [2.45, 2.75) is 32.4 Å². The first-order valence-corrected chi connectivity index (χ1v) is 6.46. The first-order valence-electron chi connectivity index (χ1n) is 6.46. The average molecular weight is 274 g/mol. The van der Waals surface area contributed by atoms with Crippen molar-refractivity contribution in [1.29, 1.82) is 0 Å². The molecular formula is C13H18N6O. The molecule has 2 aromatic rings. The number of carbonyl (C=O) groups excluding carboxylic acids is 1. The molecule has 0 saturated carbocycles. The van der Waals surface area contributed by atoms with Crippen molar-refractivity contribution in [3.63, 3.8) is 0 Å². The minimum Gasteiger partial charge on any atom is -0.346 e. The van der Waals surface area contributed by atoms with E-state index >= 15 is 0 Å². The minimum atomic E-state index is -0.295. The van der Waals surface area contributed by atoms with Gasteiger partial charge in [-0.15, -0.1) is 5.10 Å². The van der Waals surface area contributed by atoms with E-state index in [4.69, 9.17) is 5.73 Å². The Morgan fingerprint density at radius 2 is 2.05 bits per heavy atom. The number of para-hydroxylation sites is 1. The molecule has 0 fully saturated rings. The standard InChI is InChI=1S/C13H18N6O/c1-9(14)8-12(20)15-10(2)13-16-17-18-19(13)11-6-4-3-5-7-11/h3-7,9-10H,8,14H2,1-2H3,(H,15,20). The molecule has 0 bridgehead atoms. The number of nitrogens with two attached hydrogens (primary N) is 1. The third-order valence-corrected chi connectivity index (χ3v) is 2.77. The van der Waals surface area contributed by atoms with Crippen molar-refractivity contribution in [2.75, 3.05) is 0 Å². The molecule has 2 atom stereocenters. The number of tetrazole rings is 1. The lowest BCUT2D eigenvalue weighted by atomic mass is 10.2. The summed E-state index contributed by atoms with van der Waals surface area (Å²) < 4.78 is 1.61. The van der Waals surface area contributed by atoms with Gasteiger partial charge in [0.15, 0.2) is 5.82 Å². The zero-order valence-electron chi connectivity index (χ0n) is 11.5. The Kier molecular flexibility index (Phi) is 4.41. The van der Waals surface area contributed by atoms with E-state index < -0.39 is 0 Å². The van der Waals surface area contributed by atoms with Gasteiger partial charge in [0.25, 0.3) is 0 Å². The van der Waals surface area contributed by atoms with Crippen LogP contribution in [0, 0.1) is 0 Å². The molecule has 0 spiro atoms. The summed E-state index contributed by atoms with van der Waals surface area (Å²) in [6.07, 6.45) is 0.275. The molecule has 20 heavy (non-hydrogen) atoms. The van der Waals surface area contributed by atoms with Gasteiger partial charge in [0.05, 0.1) is 11.7 Å². The van der Waals surface area contributed by atoms with Gasteiger partial charge in [-0.2, -0.15) is 4.68 Å². The number of amides is 1. The van der Waals surface area contributed by atoms with Crippen molar-refractivity contribution in [3.8, 4) is 5.69 Å². The number of benzene rings is 1. The Hall–Kier alpha value is -2.28. The van der Waals surface area contributed by atoms with Gasteiger partial charge in [0, 0.05) is 12.5 Å². The molecule has 0 aliphatic heterocycles. The number of nitrogens with one attached hydrogen (secondary N) is 1. The molecule has 7 nitrogen and oxygen atoms in total. The summed E-state index contributed by atoms with van der Waals surface area (Å²) >= 11 is 0. The SMILES string of the molecule is CC(N)CC(=O)NC(C)c1nnnn1-c1ccccc1. The molecule has 1 heterocycles. The van der Waals surface area contributed by atoms with E-state index in [2.05, 4.69) is 20.8 Å². The van der Waals surface area contributed by atoms with Crippen LogP contribution >= 0.6 is 0 Å². The van der Waals surface area contributed by atoms with E-state index in [1.54, 1.807) is 11.6 Å². The molecule has 0 saturated heterocycles. The summed E-state index contributed by atoms with van der Waals surface area (Å²) in [4.78, 5) is 11.7. The average Bonchev–Trinajstić information content (AvgIpc) is 2.87. The fourth-order valence-electron chi connectivity index (χ4n) is 1.87. The van der Waals surface area contributed by atoms with Gasteiger partial charge in [-0.3, -0.25) is 4.79 Å². The van der Waals surface area contributed by atoms with Crippen LogP contribution in [0.25, 0.3) is 5.69 Å².